The number of aryl methyl sites for hydroxylation is 1. The molecule has 6 heteroatoms. The van der Waals surface area contributed by atoms with E-state index in [1.54, 1.807) is 12.3 Å². The van der Waals surface area contributed by atoms with Gasteiger partial charge in [0.1, 0.15) is 5.75 Å². The fraction of sp³-hybridized carbons (Fsp3) is 0.484. The fourth-order valence-electron chi connectivity index (χ4n) is 4.60. The Kier molecular flexibility index (Phi) is 11.2. The lowest BCUT2D eigenvalue weighted by Crippen LogP contribution is -2.28. The average molecular weight is 507 g/mol. The summed E-state index contributed by atoms with van der Waals surface area (Å²) < 4.78 is 7.79. The molecule has 0 saturated heterocycles. The molecule has 1 aromatic carbocycles. The fourth-order valence-corrected chi connectivity index (χ4v) is 4.60. The zero-order chi connectivity index (χ0) is 26.6. The van der Waals surface area contributed by atoms with Gasteiger partial charge in [0, 0.05) is 23.8 Å². The van der Waals surface area contributed by atoms with Crippen molar-refractivity contribution in [2.75, 3.05) is 26.2 Å². The number of benzene rings is 1. The number of ketones is 1. The highest BCUT2D eigenvalue weighted by atomic mass is 16.5. The molecule has 0 fully saturated rings. The molecule has 0 aliphatic carbocycles. The maximum Gasteiger partial charge on any atom is 0.335 e. The van der Waals surface area contributed by atoms with Crippen LogP contribution < -0.4 is 4.74 Å². The minimum atomic E-state index is -0.975. The maximum atomic E-state index is 13.6. The quantitative estimate of drug-likeness (QED) is 0.160. The smallest absolute Gasteiger partial charge is 0.335 e. The van der Waals surface area contributed by atoms with Crippen LogP contribution in [-0.4, -0.2) is 52.4 Å². The van der Waals surface area contributed by atoms with Crippen LogP contribution in [0.4, 0.5) is 0 Å². The Morgan fingerprint density at radius 1 is 0.838 bits per heavy atom. The minimum absolute atomic E-state index is 0.0665. The molecule has 0 atom stereocenters. The molecule has 1 N–H and O–H groups in total. The van der Waals surface area contributed by atoms with E-state index in [1.807, 2.05) is 34.7 Å². The van der Waals surface area contributed by atoms with Crippen molar-refractivity contribution in [3.8, 4) is 5.75 Å². The number of unbranched alkanes of at least 4 members (excludes halogenated alkanes) is 3. The van der Waals surface area contributed by atoms with Gasteiger partial charge in [-0.3, -0.25) is 4.79 Å². The van der Waals surface area contributed by atoms with E-state index in [0.29, 0.717) is 17.9 Å². The van der Waals surface area contributed by atoms with E-state index in [9.17, 15) is 14.7 Å². The van der Waals surface area contributed by atoms with Gasteiger partial charge in [-0.15, -0.1) is 0 Å². The third-order valence-electron chi connectivity index (χ3n) is 6.77. The van der Waals surface area contributed by atoms with E-state index in [4.69, 9.17) is 4.74 Å². The topological polar surface area (TPSA) is 71.2 Å². The number of aromatic carboxylic acids is 1. The van der Waals surface area contributed by atoms with Crippen LogP contribution in [0.5, 0.6) is 5.75 Å². The van der Waals surface area contributed by atoms with Crippen molar-refractivity contribution in [3.63, 3.8) is 0 Å². The van der Waals surface area contributed by atoms with Crippen LogP contribution in [0.15, 0.2) is 48.7 Å². The zero-order valence-corrected chi connectivity index (χ0v) is 22.7. The van der Waals surface area contributed by atoms with E-state index in [0.717, 1.165) is 62.1 Å². The molecule has 37 heavy (non-hydrogen) atoms. The number of hydrogen-bond acceptors (Lipinski definition) is 4. The summed E-state index contributed by atoms with van der Waals surface area (Å²) in [5.41, 5.74) is 3.09. The van der Waals surface area contributed by atoms with Gasteiger partial charge in [0.2, 0.25) is 5.78 Å². The molecule has 0 amide bonds. The Bertz CT molecular complexity index is 1140. The molecule has 6 nitrogen and oxygen atoms in total. The van der Waals surface area contributed by atoms with Gasteiger partial charge >= 0.3 is 5.97 Å². The second-order valence-electron chi connectivity index (χ2n) is 9.74. The van der Waals surface area contributed by atoms with Crippen LogP contribution in [0.25, 0.3) is 5.52 Å². The van der Waals surface area contributed by atoms with Gasteiger partial charge in [0.25, 0.3) is 0 Å². The first-order chi connectivity index (χ1) is 18.0. The van der Waals surface area contributed by atoms with Crippen molar-refractivity contribution in [2.24, 2.45) is 0 Å². The van der Waals surface area contributed by atoms with Gasteiger partial charge in [-0.25, -0.2) is 4.79 Å². The second kappa shape index (κ2) is 14.6. The summed E-state index contributed by atoms with van der Waals surface area (Å²) in [6.45, 7) is 10.6. The van der Waals surface area contributed by atoms with Gasteiger partial charge in [-0.2, -0.15) is 0 Å². The third-order valence-corrected chi connectivity index (χ3v) is 6.77. The number of aromatic nitrogens is 1. The highest BCUT2D eigenvalue weighted by Crippen LogP contribution is 2.24. The van der Waals surface area contributed by atoms with E-state index in [-0.39, 0.29) is 11.3 Å². The lowest BCUT2D eigenvalue weighted by molar-refractivity contribution is 0.0696. The number of fused-ring (bicyclic) bond motifs is 1. The SMILES string of the molecule is CCCCc1cc2cc(C(=O)O)ccn2c1C(=O)c1ccc(OCCCN(CCCC)CCCC)cc1. The molecule has 0 spiro atoms. The third kappa shape index (κ3) is 7.93. The molecular weight excluding hydrogens is 464 g/mol. The zero-order valence-electron chi connectivity index (χ0n) is 22.7. The lowest BCUT2D eigenvalue weighted by Gasteiger charge is -2.21. The van der Waals surface area contributed by atoms with E-state index >= 15 is 0 Å². The van der Waals surface area contributed by atoms with Crippen LogP contribution >= 0.6 is 0 Å². The molecule has 200 valence electrons. The first-order valence-electron chi connectivity index (χ1n) is 13.9. The second-order valence-corrected chi connectivity index (χ2v) is 9.74. The van der Waals surface area contributed by atoms with Crippen LogP contribution in [0.1, 0.15) is 97.7 Å². The van der Waals surface area contributed by atoms with Crippen molar-refractivity contribution in [1.29, 1.82) is 0 Å². The molecule has 0 radical (unpaired) electrons. The number of nitrogens with zero attached hydrogens (tertiary/aromatic N) is 2. The Labute approximate surface area is 221 Å². The largest absolute Gasteiger partial charge is 0.494 e. The molecule has 0 aliphatic heterocycles. The first kappa shape index (κ1) is 28.5. The summed E-state index contributed by atoms with van der Waals surface area (Å²) in [6.07, 6.45) is 10.3. The van der Waals surface area contributed by atoms with Gasteiger partial charge in [-0.1, -0.05) is 40.0 Å². The number of carboxylic acid groups (broad SMARTS) is 1. The van der Waals surface area contributed by atoms with Gasteiger partial charge in [0.15, 0.2) is 0 Å². The number of carbonyl (C=O) groups excluding carboxylic acids is 1. The van der Waals surface area contributed by atoms with Crippen LogP contribution in [0, 0.1) is 0 Å². The summed E-state index contributed by atoms with van der Waals surface area (Å²) in [7, 11) is 0. The standard InChI is InChI=1S/C31H42N2O4/c1-4-7-11-25-22-27-23-26(31(35)36)16-20-33(27)29(25)30(34)24-12-14-28(15-13-24)37-21-10-19-32(17-8-5-2)18-9-6-3/h12-16,20,22-23H,4-11,17-19,21H2,1-3H3,(H,35,36). The van der Waals surface area contributed by atoms with Crippen LogP contribution in [0.3, 0.4) is 0 Å². The van der Waals surface area contributed by atoms with Crippen molar-refractivity contribution < 1.29 is 19.4 Å². The van der Waals surface area contributed by atoms with Gasteiger partial charge in [0.05, 0.1) is 17.9 Å². The van der Waals surface area contributed by atoms with Crippen LogP contribution in [0.2, 0.25) is 0 Å². The van der Waals surface area contributed by atoms with E-state index < -0.39 is 5.97 Å². The average Bonchev–Trinajstić information content (AvgIpc) is 3.28. The number of pyridine rings is 1. The van der Waals surface area contributed by atoms with E-state index in [1.165, 1.54) is 31.7 Å². The Balaban J connectivity index is 1.67. The van der Waals surface area contributed by atoms with Gasteiger partial charge in [-0.05, 0) is 93.2 Å². The summed E-state index contributed by atoms with van der Waals surface area (Å²) in [5, 5.41) is 9.36. The van der Waals surface area contributed by atoms with Crippen molar-refractivity contribution in [1.82, 2.24) is 9.30 Å². The first-order valence-corrected chi connectivity index (χ1v) is 13.9. The summed E-state index contributed by atoms with van der Waals surface area (Å²) in [6, 6.07) is 12.5. The maximum absolute atomic E-state index is 13.6. The Hall–Kier alpha value is -3.12. The van der Waals surface area contributed by atoms with E-state index in [2.05, 4.69) is 25.7 Å². The monoisotopic (exact) mass is 506 g/mol. The molecular formula is C31H42N2O4. The lowest BCUT2D eigenvalue weighted by atomic mass is 10.0. The normalized spacial score (nSPS) is 11.4. The van der Waals surface area contributed by atoms with Crippen molar-refractivity contribution >= 4 is 17.3 Å². The summed E-state index contributed by atoms with van der Waals surface area (Å²) in [4.78, 5) is 27.5. The van der Waals surface area contributed by atoms with Crippen molar-refractivity contribution in [3.05, 3.63) is 71.0 Å². The minimum Gasteiger partial charge on any atom is -0.494 e. The molecule has 0 saturated carbocycles. The highest BCUT2D eigenvalue weighted by molar-refractivity contribution is 6.09. The number of ether oxygens (including phenoxy) is 1. The molecule has 0 aliphatic rings. The molecule has 0 unspecified atom stereocenters. The summed E-state index contributed by atoms with van der Waals surface area (Å²) in [5.74, 6) is -0.275. The molecule has 3 aromatic rings. The molecule has 2 heterocycles. The van der Waals surface area contributed by atoms with Crippen LogP contribution in [-0.2, 0) is 6.42 Å². The number of carbonyl (C=O) groups is 2. The molecule has 3 rings (SSSR count). The highest BCUT2D eigenvalue weighted by Gasteiger charge is 2.20. The predicted octanol–water partition coefficient (Wildman–Crippen LogP) is 6.88. The van der Waals surface area contributed by atoms with Crippen molar-refractivity contribution in [2.45, 2.75) is 72.1 Å². The molecule has 0 bridgehead atoms. The number of carboxylic acids is 1. The molecule has 2 aromatic heterocycles. The predicted molar refractivity (Wildman–Crippen MR) is 149 cm³/mol. The number of hydrogen-bond donors (Lipinski definition) is 1. The Morgan fingerprint density at radius 3 is 2.11 bits per heavy atom. The Morgan fingerprint density at radius 2 is 1.49 bits per heavy atom. The summed E-state index contributed by atoms with van der Waals surface area (Å²) >= 11 is 0. The van der Waals surface area contributed by atoms with Gasteiger partial charge < -0.3 is 19.1 Å². The number of rotatable bonds is 17.